The van der Waals surface area contributed by atoms with Crippen LogP contribution in [-0.4, -0.2) is 81.4 Å². The zero-order valence-corrected chi connectivity index (χ0v) is 21.2. The number of nitrogens with zero attached hydrogens (tertiary/aromatic N) is 4. The summed E-state index contributed by atoms with van der Waals surface area (Å²) in [6, 6.07) is 17.4. The van der Waals surface area contributed by atoms with Gasteiger partial charge < -0.3 is 10.2 Å². The molecule has 1 aromatic heterocycles. The number of hydrogen-bond donors (Lipinski definition) is 1. The van der Waals surface area contributed by atoms with Crippen LogP contribution < -0.4 is 10.2 Å². The Labute approximate surface area is 207 Å². The van der Waals surface area contributed by atoms with Crippen molar-refractivity contribution in [3.63, 3.8) is 0 Å². The van der Waals surface area contributed by atoms with E-state index in [0.29, 0.717) is 38.2 Å². The van der Waals surface area contributed by atoms with Crippen molar-refractivity contribution in [1.29, 1.82) is 0 Å². The number of carbonyl (C=O) groups is 1. The fraction of sp³-hybridized carbons (Fsp3) is 0.385. The maximum Gasteiger partial charge on any atom is 0.245 e. The molecule has 0 atom stereocenters. The Morgan fingerprint density at radius 1 is 1.06 bits per heavy atom. The minimum atomic E-state index is -3.66. The van der Waals surface area contributed by atoms with Gasteiger partial charge in [0.15, 0.2) is 0 Å². The predicted octanol–water partition coefficient (Wildman–Crippen LogP) is 2.49. The minimum Gasteiger partial charge on any atom is -0.375 e. The van der Waals surface area contributed by atoms with Gasteiger partial charge in [-0.1, -0.05) is 30.3 Å². The van der Waals surface area contributed by atoms with Crippen molar-refractivity contribution in [2.45, 2.75) is 18.2 Å². The number of aryl methyl sites for hydroxylation is 1. The molecule has 2 aromatic carbocycles. The van der Waals surface area contributed by atoms with E-state index in [1.807, 2.05) is 49.2 Å². The van der Waals surface area contributed by atoms with Crippen molar-refractivity contribution >= 4 is 32.5 Å². The Morgan fingerprint density at radius 2 is 1.80 bits per heavy atom. The second kappa shape index (κ2) is 11.2. The topological polar surface area (TPSA) is 85.9 Å². The second-order valence-corrected chi connectivity index (χ2v) is 10.9. The molecule has 1 amide bonds. The van der Waals surface area contributed by atoms with Crippen LogP contribution in [0.4, 0.5) is 5.69 Å². The van der Waals surface area contributed by atoms with E-state index in [9.17, 15) is 13.2 Å². The number of amides is 1. The molecule has 2 heterocycles. The molecule has 0 saturated carbocycles. The van der Waals surface area contributed by atoms with E-state index in [0.717, 1.165) is 29.6 Å². The number of piperazine rings is 1. The molecule has 0 bridgehead atoms. The summed E-state index contributed by atoms with van der Waals surface area (Å²) in [5.41, 5.74) is 2.64. The number of pyridine rings is 1. The number of anilines is 1. The van der Waals surface area contributed by atoms with Crippen LogP contribution >= 0.6 is 0 Å². The van der Waals surface area contributed by atoms with Crippen LogP contribution in [0.25, 0.3) is 10.9 Å². The second-order valence-electron chi connectivity index (χ2n) is 8.98. The average molecular weight is 496 g/mol. The van der Waals surface area contributed by atoms with Gasteiger partial charge in [-0.15, -0.1) is 0 Å². The van der Waals surface area contributed by atoms with Crippen LogP contribution in [0.3, 0.4) is 0 Å². The van der Waals surface area contributed by atoms with Gasteiger partial charge in [0.25, 0.3) is 0 Å². The molecule has 186 valence electrons. The Bertz CT molecular complexity index is 1260. The molecule has 1 aliphatic rings. The van der Waals surface area contributed by atoms with Crippen molar-refractivity contribution in [3.05, 3.63) is 66.4 Å². The van der Waals surface area contributed by atoms with E-state index in [2.05, 4.69) is 27.3 Å². The van der Waals surface area contributed by atoms with E-state index < -0.39 is 10.0 Å². The molecule has 1 saturated heterocycles. The summed E-state index contributed by atoms with van der Waals surface area (Å²) in [6.07, 6.45) is 2.54. The van der Waals surface area contributed by atoms with Crippen molar-refractivity contribution < 1.29 is 13.2 Å². The third-order valence-corrected chi connectivity index (χ3v) is 8.25. The van der Waals surface area contributed by atoms with Gasteiger partial charge in [0.2, 0.25) is 15.9 Å². The number of carbonyl (C=O) groups excluding carboxylic acids is 1. The van der Waals surface area contributed by atoms with Crippen molar-refractivity contribution in [1.82, 2.24) is 19.5 Å². The van der Waals surface area contributed by atoms with Crippen LogP contribution in [-0.2, 0) is 14.8 Å². The first-order valence-electron chi connectivity index (χ1n) is 12.0. The summed E-state index contributed by atoms with van der Waals surface area (Å²) < 4.78 is 28.2. The normalized spacial score (nSPS) is 15.3. The van der Waals surface area contributed by atoms with Crippen molar-refractivity contribution in [2.75, 3.05) is 57.8 Å². The summed E-state index contributed by atoms with van der Waals surface area (Å²) in [7, 11) is -1.62. The number of fused-ring (bicyclic) bond motifs is 1. The molecule has 35 heavy (non-hydrogen) atoms. The lowest BCUT2D eigenvalue weighted by molar-refractivity contribution is -0.122. The lowest BCUT2D eigenvalue weighted by Crippen LogP contribution is -2.51. The highest BCUT2D eigenvalue weighted by Crippen LogP contribution is 2.25. The van der Waals surface area contributed by atoms with Crippen molar-refractivity contribution in [2.24, 2.45) is 0 Å². The number of hydrogen-bond acceptors (Lipinski definition) is 6. The van der Waals surface area contributed by atoms with Gasteiger partial charge in [-0.2, -0.15) is 4.31 Å². The summed E-state index contributed by atoms with van der Waals surface area (Å²) >= 11 is 0. The molecule has 0 unspecified atom stereocenters. The molecule has 0 radical (unpaired) electrons. The van der Waals surface area contributed by atoms with E-state index in [-0.39, 0.29) is 17.3 Å². The van der Waals surface area contributed by atoms with Crippen molar-refractivity contribution in [3.8, 4) is 0 Å². The van der Waals surface area contributed by atoms with Gasteiger partial charge in [-0.3, -0.25) is 14.7 Å². The first-order chi connectivity index (χ1) is 16.8. The Hall–Kier alpha value is -3.01. The monoisotopic (exact) mass is 495 g/mol. The largest absolute Gasteiger partial charge is 0.375 e. The first kappa shape index (κ1) is 25.1. The first-order valence-corrected chi connectivity index (χ1v) is 13.4. The van der Waals surface area contributed by atoms with Crippen LogP contribution in [0.1, 0.15) is 12.0 Å². The summed E-state index contributed by atoms with van der Waals surface area (Å²) in [5.74, 6) is -0.0303. The Balaban J connectivity index is 1.24. The number of sulfonamides is 1. The number of nitrogens with one attached hydrogen (secondary N) is 1. The third kappa shape index (κ3) is 6.17. The summed E-state index contributed by atoms with van der Waals surface area (Å²) in [6.45, 7) is 5.39. The fourth-order valence-electron chi connectivity index (χ4n) is 4.33. The zero-order chi connectivity index (χ0) is 24.8. The molecule has 0 aliphatic carbocycles. The van der Waals surface area contributed by atoms with E-state index in [4.69, 9.17) is 0 Å². The molecule has 4 rings (SSSR count). The lowest BCUT2D eigenvalue weighted by atomic mass is 10.2. The van der Waals surface area contributed by atoms with Crippen LogP contribution in [0.2, 0.25) is 0 Å². The Kier molecular flexibility index (Phi) is 8.00. The van der Waals surface area contributed by atoms with Gasteiger partial charge in [0.1, 0.15) is 4.90 Å². The minimum absolute atomic E-state index is 0.0303. The van der Waals surface area contributed by atoms with Crippen LogP contribution in [0.15, 0.2) is 65.7 Å². The van der Waals surface area contributed by atoms with Gasteiger partial charge in [0, 0.05) is 63.6 Å². The lowest BCUT2D eigenvalue weighted by Gasteiger charge is -2.33. The number of para-hydroxylation sites is 2. The molecule has 0 spiro atoms. The molecular weight excluding hydrogens is 462 g/mol. The van der Waals surface area contributed by atoms with Gasteiger partial charge in [-0.25, -0.2) is 8.42 Å². The molecule has 1 N–H and O–H groups in total. The molecule has 8 nitrogen and oxygen atoms in total. The van der Waals surface area contributed by atoms with Gasteiger partial charge >= 0.3 is 0 Å². The maximum atomic E-state index is 13.3. The number of benzene rings is 2. The molecule has 1 fully saturated rings. The molecule has 1 aliphatic heterocycles. The average Bonchev–Trinajstić information content (AvgIpc) is 2.86. The van der Waals surface area contributed by atoms with E-state index >= 15 is 0 Å². The summed E-state index contributed by atoms with van der Waals surface area (Å²) in [4.78, 5) is 21.2. The fourth-order valence-corrected chi connectivity index (χ4v) is 5.92. The van der Waals surface area contributed by atoms with E-state index in [1.54, 1.807) is 18.3 Å². The summed E-state index contributed by atoms with van der Waals surface area (Å²) in [5, 5.41) is 3.80. The van der Waals surface area contributed by atoms with Gasteiger partial charge in [0.05, 0.1) is 12.1 Å². The molecular formula is C26H33N5O3S. The molecule has 9 heteroatoms. The SMILES string of the molecule is Cc1cnc2c(S(=O)(=O)N3CCN(CC(=O)NCCCN(C)c4ccccc4)CC3)cccc2c1. The smallest absolute Gasteiger partial charge is 0.245 e. The highest BCUT2D eigenvalue weighted by molar-refractivity contribution is 7.89. The third-order valence-electron chi connectivity index (χ3n) is 6.32. The highest BCUT2D eigenvalue weighted by atomic mass is 32.2. The number of rotatable bonds is 9. The molecule has 3 aromatic rings. The van der Waals surface area contributed by atoms with Crippen LogP contribution in [0.5, 0.6) is 0 Å². The van der Waals surface area contributed by atoms with E-state index in [1.165, 1.54) is 4.31 Å². The van der Waals surface area contributed by atoms with Crippen LogP contribution in [0, 0.1) is 6.92 Å². The highest BCUT2D eigenvalue weighted by Gasteiger charge is 2.30. The maximum absolute atomic E-state index is 13.3. The number of aromatic nitrogens is 1. The zero-order valence-electron chi connectivity index (χ0n) is 20.4. The Morgan fingerprint density at radius 3 is 2.54 bits per heavy atom. The predicted molar refractivity (Wildman–Crippen MR) is 139 cm³/mol. The van der Waals surface area contributed by atoms with Gasteiger partial charge in [-0.05, 0) is 43.2 Å². The standard InChI is InChI=1S/C26H33N5O3S/c1-21-18-22-8-6-11-24(26(22)28-19-21)35(33,34)31-16-14-30(15-17-31)20-25(32)27-12-7-13-29(2)23-9-4-3-5-10-23/h3-6,8-11,18-19H,7,12-17,20H2,1-2H3,(H,27,32). The quantitative estimate of drug-likeness (QED) is 0.459.